The summed E-state index contributed by atoms with van der Waals surface area (Å²) in [7, 11) is 2.93. The summed E-state index contributed by atoms with van der Waals surface area (Å²) in [5.41, 5.74) is 25.2. The van der Waals surface area contributed by atoms with E-state index < -0.39 is 16.8 Å². The predicted octanol–water partition coefficient (Wildman–Crippen LogP) is 8.00. The van der Waals surface area contributed by atoms with Gasteiger partial charge in [0.05, 0.1) is 109 Å². The van der Waals surface area contributed by atoms with Gasteiger partial charge in [-0.15, -0.1) is 0 Å². The lowest BCUT2D eigenvalue weighted by Gasteiger charge is -2.28. The number of anilines is 2. The Morgan fingerprint density at radius 3 is 1.02 bits per heavy atom. The number of carbonyl (C=O) groups is 8. The van der Waals surface area contributed by atoms with Crippen LogP contribution in [0.15, 0.2) is 84.9 Å². The molecule has 8 amide bonds. The molecule has 4 aromatic carbocycles. The van der Waals surface area contributed by atoms with E-state index in [1.807, 2.05) is 68.4 Å². The molecule has 11 rings (SSSR count). The Morgan fingerprint density at radius 1 is 0.397 bits per heavy atom. The second-order valence-corrected chi connectivity index (χ2v) is 36.2. The van der Waals surface area contributed by atoms with Crippen LogP contribution in [0, 0.1) is 0 Å². The third-order valence-electron chi connectivity index (χ3n) is 20.2. The van der Waals surface area contributed by atoms with Crippen LogP contribution >= 0.6 is 23.2 Å². The zero-order valence-corrected chi connectivity index (χ0v) is 81.3. The molecule has 0 radical (unpaired) electrons. The first-order valence-electron chi connectivity index (χ1n) is 45.5. The van der Waals surface area contributed by atoms with E-state index in [0.29, 0.717) is 145 Å². The number of halogens is 2. The number of methoxy groups -OCH3 is 2. The molecule has 7 saturated heterocycles. The molecule has 0 saturated carbocycles. The van der Waals surface area contributed by atoms with Gasteiger partial charge in [-0.3, -0.25) is 33.8 Å². The average Bonchev–Trinajstić information content (AvgIpc) is 1.77. The summed E-state index contributed by atoms with van der Waals surface area (Å²) in [5.74, 6) is 0.00450. The van der Waals surface area contributed by atoms with Crippen LogP contribution in [0.2, 0.25) is 10.0 Å². The van der Waals surface area contributed by atoms with Crippen LogP contribution < -0.4 is 69.6 Å². The summed E-state index contributed by atoms with van der Waals surface area (Å²) in [5, 5.41) is 21.0. The van der Waals surface area contributed by atoms with Gasteiger partial charge in [0.2, 0.25) is 17.7 Å². The normalized spacial score (nSPS) is 20.6. The largest absolute Gasteiger partial charge is 0.496 e. The van der Waals surface area contributed by atoms with Gasteiger partial charge in [-0.2, -0.15) is 0 Å². The number of benzene rings is 4. The molecular formula is C93H152Cl2N16O20. The molecule has 7 unspecified atom stereocenters. The first-order valence-corrected chi connectivity index (χ1v) is 46.2. The standard InChI is InChI=1S/C19H28ClN3O5.C15H22N2O2.C14H20ClN3O3.C13H24N2O4.C13H20N2O.C11H22N2O3.C8H16N2O2/c1-19(2,3)28-18(25)23-6-5-7-27-12(11-23)10-22-17(24)13-8-14(20)15(21)9-16(13)26-4;1-13(18)16-10-15-12-17(8-5-9-19-15)11-14-6-3-2-4-7-14;1-20-13-6-12(16)11(15)5-10(13)14(19)18-8-9-7-17-3-2-4-21-9;1-10(16)14-8-11-9-15(6-5-7-18-11)12(17)19-13(2,3)4;14-9-13-11-15(7-4-8-16-13)10-12-5-2-1-3-6-12;1-11(2,3)16-10(14)13-5-4-6-15-9(7-12)8-13;1-7(11)10-6-8-5-9-3-2-4-12-8/h8-9,12H,5-7,10-11,21H2,1-4H3,(H,22,24);2-4,6-7,15H,5,8-12H2,1H3,(H,16,18);5-6,9,17H,2-4,7-8,16H2,1H3,(H,18,19);11H,5-9H2,1-4H3,(H,14,16);1-3,5-6,13H,4,7-11,14H2;9H,4-8,12H2,1-3H3;8-9H,2-6H2,1H3,(H,10,11). The van der Waals surface area contributed by atoms with Crippen LogP contribution in [0.25, 0.3) is 0 Å². The van der Waals surface area contributed by atoms with Crippen molar-refractivity contribution in [2.24, 2.45) is 11.5 Å². The van der Waals surface area contributed by atoms with E-state index in [9.17, 15) is 38.4 Å². The lowest BCUT2D eigenvalue weighted by atomic mass is 10.1. The van der Waals surface area contributed by atoms with Gasteiger partial charge in [0.1, 0.15) is 28.3 Å². The Labute approximate surface area is 785 Å². The van der Waals surface area contributed by atoms with Gasteiger partial charge >= 0.3 is 18.3 Å². The van der Waals surface area contributed by atoms with E-state index in [0.717, 1.165) is 124 Å². The molecule has 4 aromatic rings. The van der Waals surface area contributed by atoms with E-state index in [1.54, 1.807) is 27.7 Å². The summed E-state index contributed by atoms with van der Waals surface area (Å²) in [4.78, 5) is 103. The van der Waals surface area contributed by atoms with Crippen LogP contribution in [0.3, 0.4) is 0 Å². The minimum atomic E-state index is -0.571. The Hall–Kier alpha value is -8.70. The molecule has 38 heteroatoms. The van der Waals surface area contributed by atoms with Gasteiger partial charge in [-0.05, 0) is 144 Å². The molecule has 131 heavy (non-hydrogen) atoms. The Bertz CT molecular complexity index is 3990. The van der Waals surface area contributed by atoms with Crippen molar-refractivity contribution < 1.29 is 95.2 Å². The van der Waals surface area contributed by atoms with Crippen LogP contribution in [-0.4, -0.2) is 330 Å². The van der Waals surface area contributed by atoms with Crippen molar-refractivity contribution in [3.63, 3.8) is 0 Å². The first-order chi connectivity index (χ1) is 62.3. The second-order valence-electron chi connectivity index (χ2n) is 35.4. The molecule has 7 aliphatic rings. The zero-order chi connectivity index (χ0) is 96.3. The molecule has 738 valence electrons. The average molecular weight is 1890 g/mol. The Balaban J connectivity index is 0.000000274. The van der Waals surface area contributed by atoms with Gasteiger partial charge in [-0.25, -0.2) is 14.4 Å². The van der Waals surface area contributed by atoms with Crippen molar-refractivity contribution in [3.05, 3.63) is 117 Å². The van der Waals surface area contributed by atoms with E-state index in [2.05, 4.69) is 102 Å². The fourth-order valence-electron chi connectivity index (χ4n) is 13.7. The third kappa shape index (κ3) is 48.7. The monoisotopic (exact) mass is 1880 g/mol. The summed E-state index contributed by atoms with van der Waals surface area (Å²) in [6, 6.07) is 27.1. The number of nitrogen functional groups attached to an aromatic ring is 2. The van der Waals surface area contributed by atoms with Crippen LogP contribution in [-0.2, 0) is 74.8 Å². The number of nitrogens with zero attached hydrogens (tertiary/aromatic N) is 5. The van der Waals surface area contributed by atoms with Gasteiger partial charge in [-0.1, -0.05) is 83.9 Å². The SMILES string of the molecule is CC(=O)NCC1CN(C(=O)OC(C)(C)C)CCCO1.CC(=O)NCC1CN(Cc2ccccc2)CCCO1.CC(=O)NCC1CNCCCO1.CC(C)(C)OC(=O)N1CCCOC(CN)C1.COc1cc(N)c(Cl)cc1C(=O)NCC1CN(C(=O)OC(C)(C)C)CCCO1.COc1cc(N)c(Cl)cc1C(=O)NCC1CNCCCO1.NCC1CN(Cc2ccccc2)CCCO1. The number of rotatable bonds is 20. The lowest BCUT2D eigenvalue weighted by molar-refractivity contribution is -0.120. The number of carbonyl (C=O) groups excluding carboxylic acids is 8. The molecular weight excluding hydrogens is 1730 g/mol. The molecule has 0 bridgehead atoms. The molecule has 15 N–H and O–H groups in total. The maximum Gasteiger partial charge on any atom is 0.410 e. The number of nitrogens with two attached hydrogens (primary N) is 4. The fraction of sp³-hybridized carbons (Fsp3) is 0.656. The maximum absolute atomic E-state index is 12.6. The molecule has 7 fully saturated rings. The van der Waals surface area contributed by atoms with E-state index in [4.69, 9.17) is 103 Å². The van der Waals surface area contributed by atoms with Crippen molar-refractivity contribution in [1.82, 2.24) is 61.7 Å². The van der Waals surface area contributed by atoms with Crippen molar-refractivity contribution in [2.45, 2.75) is 201 Å². The predicted molar refractivity (Wildman–Crippen MR) is 507 cm³/mol. The molecule has 7 atom stereocenters. The number of hydrogen-bond acceptors (Lipinski definition) is 28. The highest BCUT2D eigenvalue weighted by atomic mass is 35.5. The molecule has 7 aliphatic heterocycles. The highest BCUT2D eigenvalue weighted by molar-refractivity contribution is 6.34. The van der Waals surface area contributed by atoms with Crippen molar-refractivity contribution in [3.8, 4) is 11.5 Å². The minimum Gasteiger partial charge on any atom is -0.496 e. The minimum absolute atomic E-state index is 0.00227. The molecule has 0 spiro atoms. The molecule has 0 aliphatic carbocycles. The van der Waals surface area contributed by atoms with Crippen LogP contribution in [0.4, 0.5) is 25.8 Å². The molecule has 0 aromatic heterocycles. The van der Waals surface area contributed by atoms with Crippen molar-refractivity contribution in [1.29, 1.82) is 0 Å². The smallest absolute Gasteiger partial charge is 0.410 e. The quantitative estimate of drug-likeness (QED) is 0.0295. The van der Waals surface area contributed by atoms with Crippen molar-refractivity contribution >= 4 is 82.4 Å². The number of hydrogen-bond donors (Lipinski definition) is 11. The third-order valence-corrected chi connectivity index (χ3v) is 20.8. The fourth-order valence-corrected chi connectivity index (χ4v) is 14.1. The van der Waals surface area contributed by atoms with E-state index in [-0.39, 0.29) is 108 Å². The van der Waals surface area contributed by atoms with E-state index >= 15 is 0 Å². The number of ether oxygens (including phenoxy) is 12. The van der Waals surface area contributed by atoms with Gasteiger partial charge < -0.3 is 132 Å². The van der Waals surface area contributed by atoms with Gasteiger partial charge in [0, 0.05) is 197 Å². The summed E-state index contributed by atoms with van der Waals surface area (Å²) in [6.07, 6.45) is 5.27. The number of amides is 8. The topological polar surface area (TPSA) is 452 Å². The summed E-state index contributed by atoms with van der Waals surface area (Å²) < 4.78 is 65.9. The highest BCUT2D eigenvalue weighted by Crippen LogP contribution is 2.31. The highest BCUT2D eigenvalue weighted by Gasteiger charge is 2.32. The Kier molecular flexibility index (Phi) is 52.7. The van der Waals surface area contributed by atoms with Crippen molar-refractivity contribution in [2.75, 3.05) is 209 Å². The molecule has 7 heterocycles. The van der Waals surface area contributed by atoms with Crippen LogP contribution in [0.1, 0.15) is 160 Å². The Morgan fingerprint density at radius 2 is 0.679 bits per heavy atom. The maximum atomic E-state index is 12.6. The zero-order valence-electron chi connectivity index (χ0n) is 79.8. The lowest BCUT2D eigenvalue weighted by Crippen LogP contribution is -2.44. The van der Waals surface area contributed by atoms with E-state index in [1.165, 1.54) is 57.4 Å². The van der Waals surface area contributed by atoms with Gasteiger partial charge in [0.15, 0.2) is 0 Å². The molecule has 36 nitrogen and oxygen atoms in total. The second kappa shape index (κ2) is 61.2. The summed E-state index contributed by atoms with van der Waals surface area (Å²) >= 11 is 12.0. The summed E-state index contributed by atoms with van der Waals surface area (Å²) in [6.45, 7) is 41.8. The number of nitrogens with one attached hydrogen (secondary N) is 7. The first kappa shape index (κ1) is 113. The van der Waals surface area contributed by atoms with Crippen LogP contribution in [0.5, 0.6) is 11.5 Å². The van der Waals surface area contributed by atoms with Gasteiger partial charge in [0.25, 0.3) is 11.8 Å².